The van der Waals surface area contributed by atoms with E-state index < -0.39 is 6.04 Å². The fourth-order valence-electron chi connectivity index (χ4n) is 3.74. The van der Waals surface area contributed by atoms with E-state index in [0.29, 0.717) is 16.8 Å². The van der Waals surface area contributed by atoms with Gasteiger partial charge in [0.05, 0.1) is 23.8 Å². The first-order valence-electron chi connectivity index (χ1n) is 9.44. The van der Waals surface area contributed by atoms with Crippen molar-refractivity contribution >= 4 is 28.2 Å². The van der Waals surface area contributed by atoms with E-state index >= 15 is 0 Å². The molecule has 0 saturated carbocycles. The number of aryl methyl sites for hydroxylation is 1. The Morgan fingerprint density at radius 3 is 2.53 bits per heavy atom. The summed E-state index contributed by atoms with van der Waals surface area (Å²) in [7, 11) is 1.95. The quantitative estimate of drug-likeness (QED) is 0.502. The van der Waals surface area contributed by atoms with Gasteiger partial charge >= 0.3 is 0 Å². The largest absolute Gasteiger partial charge is 0.392 e. The third-order valence-electron chi connectivity index (χ3n) is 5.14. The van der Waals surface area contributed by atoms with Crippen molar-refractivity contribution in [3.8, 4) is 11.3 Å². The molecule has 7 nitrogen and oxygen atoms in total. The molecular formula is C23H20N6O. The number of hydrogen-bond donors (Lipinski definition) is 2. The highest BCUT2D eigenvalue weighted by molar-refractivity contribution is 5.85. The minimum Gasteiger partial charge on any atom is -0.392 e. The minimum absolute atomic E-state index is 0.0612. The molecule has 2 aromatic heterocycles. The second kappa shape index (κ2) is 7.68. The van der Waals surface area contributed by atoms with Crippen LogP contribution in [0.4, 0.5) is 17.3 Å². The van der Waals surface area contributed by atoms with Gasteiger partial charge in [0.1, 0.15) is 18.0 Å². The van der Waals surface area contributed by atoms with E-state index in [1.54, 1.807) is 0 Å². The molecule has 0 radical (unpaired) electrons. The first-order valence-corrected chi connectivity index (χ1v) is 9.44. The molecule has 0 fully saturated rings. The number of anilines is 2. The zero-order chi connectivity index (χ0) is 21.3. The molecule has 0 amide bonds. The van der Waals surface area contributed by atoms with Gasteiger partial charge in [-0.1, -0.05) is 42.5 Å². The summed E-state index contributed by atoms with van der Waals surface area (Å²) < 4.78 is 2.03. The van der Waals surface area contributed by atoms with Crippen molar-refractivity contribution in [2.45, 2.75) is 13.0 Å². The molecule has 1 unspecified atom stereocenters. The average molecular weight is 396 g/mol. The van der Waals surface area contributed by atoms with Crippen molar-refractivity contribution in [1.29, 1.82) is 0 Å². The number of hydrogen-bond acceptors (Lipinski definition) is 5. The molecule has 7 heteroatoms. The molecule has 4 aromatic rings. The number of para-hydroxylation sites is 1. The zero-order valence-corrected chi connectivity index (χ0v) is 16.6. The SMILES string of the molecule is [C-]#[N+]c1c(N)ncnc1NC(C)c1c(-c2ccccc2)n(C)c2ccccc2c1=O. The highest BCUT2D eigenvalue weighted by atomic mass is 16.1. The van der Waals surface area contributed by atoms with Gasteiger partial charge in [-0.3, -0.25) is 4.79 Å². The molecule has 0 saturated heterocycles. The number of benzene rings is 2. The predicted molar refractivity (Wildman–Crippen MR) is 119 cm³/mol. The number of nitrogens with zero attached hydrogens (tertiary/aromatic N) is 4. The van der Waals surface area contributed by atoms with Gasteiger partial charge in [0.25, 0.3) is 5.69 Å². The van der Waals surface area contributed by atoms with E-state index in [1.165, 1.54) is 6.33 Å². The van der Waals surface area contributed by atoms with Crippen LogP contribution in [0.3, 0.4) is 0 Å². The Bertz CT molecular complexity index is 1340. The second-order valence-electron chi connectivity index (χ2n) is 6.97. The first kappa shape index (κ1) is 19.2. The third-order valence-corrected chi connectivity index (χ3v) is 5.14. The van der Waals surface area contributed by atoms with Crippen molar-refractivity contribution < 1.29 is 0 Å². The highest BCUT2D eigenvalue weighted by Gasteiger charge is 2.22. The number of nitrogens with one attached hydrogen (secondary N) is 1. The summed E-state index contributed by atoms with van der Waals surface area (Å²) in [5.41, 5.74) is 9.09. The van der Waals surface area contributed by atoms with E-state index in [9.17, 15) is 4.79 Å². The van der Waals surface area contributed by atoms with Gasteiger partial charge in [-0.15, -0.1) is 0 Å². The van der Waals surface area contributed by atoms with Gasteiger partial charge in [0.2, 0.25) is 0 Å². The third kappa shape index (κ3) is 3.14. The summed E-state index contributed by atoms with van der Waals surface area (Å²) in [6.45, 7) is 9.27. The second-order valence-corrected chi connectivity index (χ2v) is 6.97. The first-order chi connectivity index (χ1) is 14.5. The van der Waals surface area contributed by atoms with Crippen LogP contribution >= 0.6 is 0 Å². The van der Waals surface area contributed by atoms with Crippen LogP contribution in [0.5, 0.6) is 0 Å². The van der Waals surface area contributed by atoms with Gasteiger partial charge in [0.15, 0.2) is 5.43 Å². The monoisotopic (exact) mass is 396 g/mol. The molecule has 0 aliphatic heterocycles. The Labute approximate surface area is 173 Å². The van der Waals surface area contributed by atoms with Crippen molar-refractivity contribution in [2.75, 3.05) is 11.1 Å². The molecule has 0 aliphatic carbocycles. The van der Waals surface area contributed by atoms with Crippen molar-refractivity contribution in [2.24, 2.45) is 7.05 Å². The maximum Gasteiger partial charge on any atom is 0.268 e. The van der Waals surface area contributed by atoms with Crippen LogP contribution in [0.15, 0.2) is 65.7 Å². The Balaban J connectivity index is 1.96. The maximum absolute atomic E-state index is 13.6. The molecule has 0 bridgehead atoms. The summed E-state index contributed by atoms with van der Waals surface area (Å²) >= 11 is 0. The Morgan fingerprint density at radius 2 is 1.80 bits per heavy atom. The maximum atomic E-state index is 13.6. The molecule has 3 N–H and O–H groups in total. The fourth-order valence-corrected chi connectivity index (χ4v) is 3.74. The number of fused-ring (bicyclic) bond motifs is 1. The van der Waals surface area contributed by atoms with Crippen LogP contribution in [0.25, 0.3) is 27.0 Å². The Morgan fingerprint density at radius 1 is 1.10 bits per heavy atom. The summed E-state index contributed by atoms with van der Waals surface area (Å²) in [4.78, 5) is 25.0. The zero-order valence-electron chi connectivity index (χ0n) is 16.6. The van der Waals surface area contributed by atoms with Crippen LogP contribution < -0.4 is 16.5 Å². The van der Waals surface area contributed by atoms with E-state index in [-0.39, 0.29) is 16.9 Å². The molecule has 2 aromatic carbocycles. The van der Waals surface area contributed by atoms with Gasteiger partial charge < -0.3 is 15.6 Å². The summed E-state index contributed by atoms with van der Waals surface area (Å²) in [5.74, 6) is 0.406. The number of nitrogens with two attached hydrogens (primary N) is 1. The fraction of sp³-hybridized carbons (Fsp3) is 0.130. The normalized spacial score (nSPS) is 11.8. The lowest BCUT2D eigenvalue weighted by Crippen LogP contribution is -2.23. The predicted octanol–water partition coefficient (Wildman–Crippen LogP) is 4.30. The lowest BCUT2D eigenvalue weighted by atomic mass is 9.97. The van der Waals surface area contributed by atoms with Crippen molar-refractivity contribution in [3.63, 3.8) is 0 Å². The number of aromatic nitrogens is 3. The van der Waals surface area contributed by atoms with Crippen LogP contribution in [-0.4, -0.2) is 14.5 Å². The molecular weight excluding hydrogens is 376 g/mol. The number of nitrogen functional groups attached to an aromatic ring is 1. The lowest BCUT2D eigenvalue weighted by Gasteiger charge is -2.23. The van der Waals surface area contributed by atoms with Crippen molar-refractivity contribution in [1.82, 2.24) is 14.5 Å². The molecule has 0 spiro atoms. The van der Waals surface area contributed by atoms with Gasteiger partial charge in [0, 0.05) is 18.0 Å². The van der Waals surface area contributed by atoms with E-state index in [4.69, 9.17) is 12.3 Å². The van der Waals surface area contributed by atoms with Gasteiger partial charge in [-0.25, -0.2) is 14.8 Å². The lowest BCUT2D eigenvalue weighted by molar-refractivity contribution is 0.837. The Kier molecular flexibility index (Phi) is 4.90. The van der Waals surface area contributed by atoms with Crippen LogP contribution in [0.2, 0.25) is 0 Å². The van der Waals surface area contributed by atoms with E-state index in [1.807, 2.05) is 73.1 Å². The standard InChI is InChI=1S/C23H20N6O/c1-14(28-23-19(25-2)22(24)26-13-27-23)18-20(15-9-5-4-6-10-15)29(3)17-12-8-7-11-16(17)21(18)30/h4-14H,1,3H3,(H3,24,26,27,28). The Hall–Kier alpha value is -4.18. The number of rotatable bonds is 4. The summed E-state index contributed by atoms with van der Waals surface area (Å²) in [6.07, 6.45) is 1.30. The van der Waals surface area contributed by atoms with E-state index in [0.717, 1.165) is 16.8 Å². The molecule has 148 valence electrons. The molecule has 4 rings (SSSR count). The van der Waals surface area contributed by atoms with Crippen LogP contribution in [0, 0.1) is 6.57 Å². The summed E-state index contributed by atoms with van der Waals surface area (Å²) in [5, 5.41) is 3.84. The van der Waals surface area contributed by atoms with Crippen molar-refractivity contribution in [3.05, 3.63) is 88.1 Å². The van der Waals surface area contributed by atoms with Gasteiger partial charge in [-0.05, 0) is 24.6 Å². The molecule has 1 atom stereocenters. The molecule has 2 heterocycles. The molecule has 0 aliphatic rings. The van der Waals surface area contributed by atoms with Crippen LogP contribution in [0.1, 0.15) is 18.5 Å². The highest BCUT2D eigenvalue weighted by Crippen LogP contribution is 2.33. The number of pyridine rings is 1. The molecule has 30 heavy (non-hydrogen) atoms. The summed E-state index contributed by atoms with van der Waals surface area (Å²) in [6, 6.07) is 16.9. The smallest absolute Gasteiger partial charge is 0.268 e. The minimum atomic E-state index is -0.432. The van der Waals surface area contributed by atoms with E-state index in [2.05, 4.69) is 20.1 Å². The topological polar surface area (TPSA) is 90.2 Å². The average Bonchev–Trinajstić information content (AvgIpc) is 2.76. The van der Waals surface area contributed by atoms with Gasteiger partial charge in [-0.2, -0.15) is 0 Å². The van der Waals surface area contributed by atoms with Crippen LogP contribution in [-0.2, 0) is 7.05 Å².